The molecule has 8 atom stereocenters. The molecule has 0 N–H and O–H groups in total. The van der Waals surface area contributed by atoms with E-state index in [2.05, 4.69) is 26.8 Å². The molecular formula is C24H34O6. The fraction of sp³-hybridized carbons (Fsp3) is 0.792. The molecular weight excluding hydrogens is 384 g/mol. The monoisotopic (exact) mass is 418 g/mol. The van der Waals surface area contributed by atoms with Gasteiger partial charge in [0.05, 0.1) is 17.6 Å². The molecule has 0 aromatic rings. The number of carbonyl (C=O) groups is 3. The van der Waals surface area contributed by atoms with E-state index in [4.69, 9.17) is 14.2 Å². The van der Waals surface area contributed by atoms with E-state index < -0.39 is 35.2 Å². The Morgan fingerprint density at radius 2 is 1.83 bits per heavy atom. The highest BCUT2D eigenvalue weighted by Crippen LogP contribution is 2.64. The summed E-state index contributed by atoms with van der Waals surface area (Å²) >= 11 is 0. The highest BCUT2D eigenvalue weighted by Gasteiger charge is 2.72. The van der Waals surface area contributed by atoms with E-state index in [1.807, 2.05) is 13.8 Å². The molecule has 4 aliphatic rings. The largest absolute Gasteiger partial charge is 0.462 e. The van der Waals surface area contributed by atoms with E-state index in [-0.39, 0.29) is 23.2 Å². The Morgan fingerprint density at radius 1 is 1.17 bits per heavy atom. The van der Waals surface area contributed by atoms with Gasteiger partial charge in [-0.25, -0.2) is 0 Å². The van der Waals surface area contributed by atoms with Crippen molar-refractivity contribution in [2.24, 2.45) is 29.1 Å². The number of hydrogen-bond donors (Lipinski definition) is 0. The second kappa shape index (κ2) is 6.65. The SMILES string of the molecule is CC(=O)O[C@@H]1[C@@H]2[C@H]3O[C@]3(C)CC[C@H]3[C@H](/C=C(/C)C(=O)[C@@]2(OC(C)=O)C[C@@H]1C)C3(C)C. The zero-order valence-electron chi connectivity index (χ0n) is 19.1. The van der Waals surface area contributed by atoms with Crippen molar-refractivity contribution in [3.05, 3.63) is 11.6 Å². The van der Waals surface area contributed by atoms with Crippen molar-refractivity contribution < 1.29 is 28.6 Å². The molecule has 0 aromatic heterocycles. The fourth-order valence-electron chi connectivity index (χ4n) is 6.50. The minimum Gasteiger partial charge on any atom is -0.462 e. The van der Waals surface area contributed by atoms with Gasteiger partial charge in [0.1, 0.15) is 6.10 Å². The van der Waals surface area contributed by atoms with Gasteiger partial charge < -0.3 is 14.2 Å². The van der Waals surface area contributed by atoms with Gasteiger partial charge in [-0.1, -0.05) is 26.8 Å². The maximum absolute atomic E-state index is 13.9. The molecule has 0 amide bonds. The van der Waals surface area contributed by atoms with E-state index in [1.165, 1.54) is 13.8 Å². The van der Waals surface area contributed by atoms with Gasteiger partial charge in [-0.2, -0.15) is 0 Å². The third kappa shape index (κ3) is 3.14. The molecule has 0 radical (unpaired) electrons. The molecule has 3 aliphatic carbocycles. The summed E-state index contributed by atoms with van der Waals surface area (Å²) in [5, 5.41) is 0. The number of epoxide rings is 1. The molecule has 3 fully saturated rings. The summed E-state index contributed by atoms with van der Waals surface area (Å²) in [7, 11) is 0. The summed E-state index contributed by atoms with van der Waals surface area (Å²) in [6, 6.07) is 0. The van der Waals surface area contributed by atoms with Crippen LogP contribution in [0.3, 0.4) is 0 Å². The Bertz CT molecular complexity index is 828. The molecule has 1 aliphatic heterocycles. The van der Waals surface area contributed by atoms with E-state index in [0.29, 0.717) is 23.8 Å². The number of rotatable bonds is 2. The molecule has 2 saturated carbocycles. The minimum absolute atomic E-state index is 0.128. The lowest BCUT2D eigenvalue weighted by Gasteiger charge is -2.35. The second-order valence-electron chi connectivity index (χ2n) is 10.8. The molecule has 1 heterocycles. The zero-order valence-corrected chi connectivity index (χ0v) is 19.1. The number of Topliss-reactive ketones (excluding diaryl/α,β-unsaturated/α-hetero) is 1. The van der Waals surface area contributed by atoms with Crippen LogP contribution in [0.25, 0.3) is 0 Å². The van der Waals surface area contributed by atoms with Crippen molar-refractivity contribution in [2.45, 2.75) is 91.1 Å². The van der Waals surface area contributed by atoms with Gasteiger partial charge >= 0.3 is 11.9 Å². The first-order valence-electron chi connectivity index (χ1n) is 11.1. The summed E-state index contributed by atoms with van der Waals surface area (Å²) in [5.74, 6) is -0.877. The van der Waals surface area contributed by atoms with Crippen LogP contribution in [0.15, 0.2) is 11.6 Å². The lowest BCUT2D eigenvalue weighted by atomic mass is 9.77. The first-order valence-corrected chi connectivity index (χ1v) is 11.1. The highest BCUT2D eigenvalue weighted by atomic mass is 16.6. The second-order valence-corrected chi connectivity index (χ2v) is 10.8. The van der Waals surface area contributed by atoms with Crippen LogP contribution in [0.2, 0.25) is 0 Å². The van der Waals surface area contributed by atoms with Crippen LogP contribution >= 0.6 is 0 Å². The molecule has 0 unspecified atom stereocenters. The molecule has 0 bridgehead atoms. The summed E-state index contributed by atoms with van der Waals surface area (Å²) in [6.07, 6.45) is 3.48. The number of ketones is 1. The Labute approximate surface area is 178 Å². The smallest absolute Gasteiger partial charge is 0.303 e. The van der Waals surface area contributed by atoms with Gasteiger partial charge in [0.25, 0.3) is 0 Å². The number of ether oxygens (including phenoxy) is 3. The molecule has 4 rings (SSSR count). The van der Waals surface area contributed by atoms with Crippen LogP contribution in [0, 0.1) is 29.1 Å². The molecule has 0 aromatic carbocycles. The van der Waals surface area contributed by atoms with Crippen LogP contribution in [0.5, 0.6) is 0 Å². The van der Waals surface area contributed by atoms with E-state index >= 15 is 0 Å². The quantitative estimate of drug-likeness (QED) is 0.503. The predicted octanol–water partition coefficient (Wildman–Crippen LogP) is 3.61. The maximum atomic E-state index is 13.9. The van der Waals surface area contributed by atoms with Crippen molar-refractivity contribution in [1.29, 1.82) is 0 Å². The molecule has 6 heteroatoms. The maximum Gasteiger partial charge on any atom is 0.303 e. The predicted molar refractivity (Wildman–Crippen MR) is 109 cm³/mol. The molecule has 30 heavy (non-hydrogen) atoms. The number of carbonyl (C=O) groups excluding carboxylic acids is 3. The standard InChI is InChI=1S/C24H34O6/c1-12-10-17-16(22(17,5)6)8-9-23(7)21(30-23)18-19(28-14(3)25)13(2)11-24(18,20(12)27)29-15(4)26/h10,13,16-19,21H,8-9,11H2,1-7H3/b12-10-/t13-,16-,17-,18+,19-,21+,23+,24+/m0/s1. The van der Waals surface area contributed by atoms with Crippen molar-refractivity contribution in [2.75, 3.05) is 0 Å². The summed E-state index contributed by atoms with van der Waals surface area (Å²) in [6.45, 7) is 13.0. The van der Waals surface area contributed by atoms with Crippen molar-refractivity contribution in [3.8, 4) is 0 Å². The van der Waals surface area contributed by atoms with Crippen molar-refractivity contribution in [3.63, 3.8) is 0 Å². The number of esters is 2. The summed E-state index contributed by atoms with van der Waals surface area (Å²) < 4.78 is 17.8. The molecule has 6 nitrogen and oxygen atoms in total. The lowest BCUT2D eigenvalue weighted by Crippen LogP contribution is -2.52. The van der Waals surface area contributed by atoms with Gasteiger partial charge in [-0.3, -0.25) is 14.4 Å². The number of allylic oxidation sites excluding steroid dienone is 1. The first kappa shape index (κ1) is 21.5. The molecule has 0 spiro atoms. The minimum atomic E-state index is -1.37. The summed E-state index contributed by atoms with van der Waals surface area (Å²) in [4.78, 5) is 38.0. The van der Waals surface area contributed by atoms with Gasteiger partial charge in [-0.05, 0) is 55.4 Å². The molecule has 166 valence electrons. The van der Waals surface area contributed by atoms with E-state index in [9.17, 15) is 14.4 Å². The Kier molecular flexibility index (Phi) is 4.78. The fourth-order valence-corrected chi connectivity index (χ4v) is 6.50. The van der Waals surface area contributed by atoms with E-state index in [0.717, 1.165) is 12.8 Å². The van der Waals surface area contributed by atoms with Crippen LogP contribution in [0.1, 0.15) is 67.7 Å². The van der Waals surface area contributed by atoms with Crippen LogP contribution in [-0.4, -0.2) is 41.1 Å². The average molecular weight is 419 g/mol. The van der Waals surface area contributed by atoms with E-state index in [1.54, 1.807) is 0 Å². The highest BCUT2D eigenvalue weighted by molar-refractivity contribution is 6.03. The van der Waals surface area contributed by atoms with Crippen LogP contribution < -0.4 is 0 Å². The third-order valence-electron chi connectivity index (χ3n) is 8.24. The first-order chi connectivity index (χ1) is 13.8. The average Bonchev–Trinajstić information content (AvgIpc) is 3.38. The Hall–Kier alpha value is -1.69. The van der Waals surface area contributed by atoms with Crippen LogP contribution in [0.4, 0.5) is 0 Å². The number of fused-ring (bicyclic) bond motifs is 4. The Morgan fingerprint density at radius 3 is 2.43 bits per heavy atom. The Balaban J connectivity index is 1.83. The van der Waals surface area contributed by atoms with Gasteiger partial charge in [-0.15, -0.1) is 0 Å². The number of hydrogen-bond acceptors (Lipinski definition) is 6. The summed E-state index contributed by atoms with van der Waals surface area (Å²) in [5.41, 5.74) is -0.992. The topological polar surface area (TPSA) is 82.2 Å². The third-order valence-corrected chi connectivity index (χ3v) is 8.24. The van der Waals surface area contributed by atoms with Gasteiger partial charge in [0.2, 0.25) is 5.78 Å². The van der Waals surface area contributed by atoms with Crippen molar-refractivity contribution in [1.82, 2.24) is 0 Å². The normalized spacial score (nSPS) is 48.1. The zero-order chi connectivity index (χ0) is 22.2. The van der Waals surface area contributed by atoms with Gasteiger partial charge in [0.15, 0.2) is 5.60 Å². The van der Waals surface area contributed by atoms with Crippen molar-refractivity contribution >= 4 is 17.7 Å². The molecule has 1 saturated heterocycles. The lowest BCUT2D eigenvalue weighted by molar-refractivity contribution is -0.173. The van der Waals surface area contributed by atoms with Gasteiger partial charge in [0, 0.05) is 20.3 Å². The van der Waals surface area contributed by atoms with Crippen LogP contribution in [-0.2, 0) is 28.6 Å².